The molecular weight excluding hydrogens is 208 g/mol. The van der Waals surface area contributed by atoms with Gasteiger partial charge >= 0.3 is 86.7 Å². The molecule has 0 rings (SSSR count). The Morgan fingerprint density at radius 3 is 1.69 bits per heavy atom. The Kier molecular flexibility index (Phi) is 8.55. The molecule has 0 fully saturated rings. The summed E-state index contributed by atoms with van der Waals surface area (Å²) < 4.78 is 9.65. The zero-order valence-corrected chi connectivity index (χ0v) is 9.52. The van der Waals surface area contributed by atoms with Gasteiger partial charge in [0, 0.05) is 0 Å². The van der Waals surface area contributed by atoms with E-state index >= 15 is 0 Å². The van der Waals surface area contributed by atoms with E-state index < -0.39 is 19.2 Å². The first kappa shape index (κ1) is 13.0. The second kappa shape index (κ2) is 8.57. The van der Waals surface area contributed by atoms with Crippen LogP contribution in [0.4, 0.5) is 0 Å². The predicted molar refractivity (Wildman–Crippen MR) is 43.0 cm³/mol. The maximum atomic E-state index is 11.0. The fraction of sp³-hybridized carbons (Fsp3) is 0.750. The normalized spacial score (nSPS) is 9.38. The van der Waals surface area contributed by atoms with E-state index in [2.05, 4.69) is 0 Å². The molecule has 0 aliphatic rings. The first-order valence-corrected chi connectivity index (χ1v) is 5.75. The van der Waals surface area contributed by atoms with Gasteiger partial charge in [0.15, 0.2) is 0 Å². The fourth-order valence-electron chi connectivity index (χ4n) is 0.617. The number of carbonyl (C=O) groups excluding carboxylic acids is 2. The molecule has 0 aliphatic carbocycles. The molecule has 0 aromatic rings. The van der Waals surface area contributed by atoms with E-state index in [-0.39, 0.29) is 21.4 Å². The summed E-state index contributed by atoms with van der Waals surface area (Å²) in [6, 6.07) is 0. The van der Waals surface area contributed by atoms with Gasteiger partial charge in [-0.25, -0.2) is 0 Å². The Balaban J connectivity index is 3.47. The number of ether oxygens (including phenoxy) is 2. The van der Waals surface area contributed by atoms with Gasteiger partial charge < -0.3 is 0 Å². The third-order valence-electron chi connectivity index (χ3n) is 1.15. The minimum atomic E-state index is -1.19. The van der Waals surface area contributed by atoms with Crippen molar-refractivity contribution in [2.24, 2.45) is 0 Å². The average molecular weight is 222 g/mol. The first-order chi connectivity index (χ1) is 6.20. The Morgan fingerprint density at radius 2 is 1.38 bits per heavy atom. The molecular formula is C8H14O4Ti+2. The number of hydrogen-bond acceptors (Lipinski definition) is 4. The standard InChI is InChI=1S/2C4H7O2.Ti/c2*1-2-6-4-3-5;/h2*2,4H2,1H3;/q;;+2. The second-order valence-corrected chi connectivity index (χ2v) is 4.38. The van der Waals surface area contributed by atoms with E-state index in [0.29, 0.717) is 13.2 Å². The van der Waals surface area contributed by atoms with Crippen LogP contribution in [-0.4, -0.2) is 34.6 Å². The second-order valence-electron chi connectivity index (χ2n) is 2.25. The molecule has 0 heterocycles. The molecule has 0 bridgehead atoms. The van der Waals surface area contributed by atoms with Crippen LogP contribution in [-0.2, 0) is 38.2 Å². The van der Waals surface area contributed by atoms with E-state index in [1.165, 1.54) is 0 Å². The first-order valence-electron chi connectivity index (χ1n) is 4.18. The monoisotopic (exact) mass is 222 g/mol. The van der Waals surface area contributed by atoms with Gasteiger partial charge in [-0.05, 0) is 0 Å². The number of rotatable bonds is 8. The molecule has 0 saturated carbocycles. The molecule has 0 aromatic carbocycles. The minimum absolute atomic E-state index is 0.0634. The van der Waals surface area contributed by atoms with Crippen molar-refractivity contribution in [1.29, 1.82) is 0 Å². The van der Waals surface area contributed by atoms with Crippen LogP contribution in [0.5, 0.6) is 0 Å². The SMILES string of the molecule is CCOC[C](=O)[Ti+2][C](=O)COCC. The topological polar surface area (TPSA) is 52.6 Å². The summed E-state index contributed by atoms with van der Waals surface area (Å²) in [5, 5.41) is 0. The molecule has 4 nitrogen and oxygen atoms in total. The molecule has 0 unspecified atom stereocenters. The Morgan fingerprint density at radius 1 is 1.00 bits per heavy atom. The molecule has 0 saturated heterocycles. The molecule has 13 heavy (non-hydrogen) atoms. The summed E-state index contributed by atoms with van der Waals surface area (Å²) in [6.45, 7) is 4.81. The van der Waals surface area contributed by atoms with Gasteiger partial charge in [0.2, 0.25) is 0 Å². The molecule has 0 N–H and O–H groups in total. The average Bonchev–Trinajstić information content (AvgIpc) is 2.11. The Labute approximate surface area is 86.9 Å². The molecule has 72 valence electrons. The Bertz CT molecular complexity index is 152. The van der Waals surface area contributed by atoms with Crippen molar-refractivity contribution in [1.82, 2.24) is 0 Å². The van der Waals surface area contributed by atoms with Gasteiger partial charge in [0.1, 0.15) is 0 Å². The van der Waals surface area contributed by atoms with Crippen LogP contribution in [0.3, 0.4) is 0 Å². The molecule has 0 atom stereocenters. The van der Waals surface area contributed by atoms with Gasteiger partial charge in [-0.3, -0.25) is 0 Å². The number of hydrogen-bond donors (Lipinski definition) is 0. The van der Waals surface area contributed by atoms with Gasteiger partial charge in [-0.2, -0.15) is 0 Å². The van der Waals surface area contributed by atoms with Crippen molar-refractivity contribution in [3.05, 3.63) is 0 Å². The van der Waals surface area contributed by atoms with Crippen LogP contribution in [0, 0.1) is 0 Å². The summed E-state index contributed by atoms with van der Waals surface area (Å²) >= 11 is -1.19. The molecule has 0 spiro atoms. The van der Waals surface area contributed by atoms with E-state index in [0.717, 1.165) is 0 Å². The maximum absolute atomic E-state index is 11.0. The van der Waals surface area contributed by atoms with Crippen LogP contribution < -0.4 is 0 Å². The number of carbonyl (C=O) groups is 2. The quantitative estimate of drug-likeness (QED) is 0.550. The third kappa shape index (κ3) is 8.31. The predicted octanol–water partition coefficient (Wildman–Crippen LogP) is 0.195. The van der Waals surface area contributed by atoms with Crippen LogP contribution in [0.2, 0.25) is 0 Å². The summed E-state index contributed by atoms with van der Waals surface area (Å²) in [5.74, 6) is 0. The summed E-state index contributed by atoms with van der Waals surface area (Å²) in [5.41, 5.74) is 0. The Hall–Kier alpha value is -0.0257. The van der Waals surface area contributed by atoms with Crippen LogP contribution >= 0.6 is 0 Å². The third-order valence-corrected chi connectivity index (χ3v) is 2.48. The van der Waals surface area contributed by atoms with Gasteiger partial charge in [0.05, 0.1) is 0 Å². The van der Waals surface area contributed by atoms with Crippen molar-refractivity contribution >= 4 is 8.18 Å². The van der Waals surface area contributed by atoms with Gasteiger partial charge in [0.25, 0.3) is 0 Å². The van der Waals surface area contributed by atoms with E-state index in [9.17, 15) is 9.59 Å². The zero-order valence-electron chi connectivity index (χ0n) is 7.96. The van der Waals surface area contributed by atoms with E-state index in [1.54, 1.807) is 0 Å². The van der Waals surface area contributed by atoms with Crippen LogP contribution in [0.25, 0.3) is 0 Å². The van der Waals surface area contributed by atoms with Crippen molar-refractivity contribution in [3.63, 3.8) is 0 Å². The zero-order chi connectivity index (χ0) is 10.1. The van der Waals surface area contributed by atoms with Crippen LogP contribution in [0.15, 0.2) is 0 Å². The van der Waals surface area contributed by atoms with Crippen molar-refractivity contribution in [3.8, 4) is 0 Å². The van der Waals surface area contributed by atoms with E-state index in [4.69, 9.17) is 9.47 Å². The molecule has 0 radical (unpaired) electrons. The van der Waals surface area contributed by atoms with Crippen LogP contribution in [0.1, 0.15) is 13.8 Å². The van der Waals surface area contributed by atoms with Crippen molar-refractivity contribution < 1.29 is 38.2 Å². The van der Waals surface area contributed by atoms with Gasteiger partial charge in [-0.15, -0.1) is 0 Å². The summed E-state index contributed by atoms with van der Waals surface area (Å²) in [6.07, 6.45) is 0. The van der Waals surface area contributed by atoms with Gasteiger partial charge in [-0.1, -0.05) is 0 Å². The fourth-order valence-corrected chi connectivity index (χ4v) is 1.65. The molecule has 0 aromatic heterocycles. The van der Waals surface area contributed by atoms with Crippen molar-refractivity contribution in [2.45, 2.75) is 13.8 Å². The summed E-state index contributed by atoms with van der Waals surface area (Å²) in [4.78, 5) is 22.1. The summed E-state index contributed by atoms with van der Waals surface area (Å²) in [7, 11) is 0. The molecule has 0 amide bonds. The van der Waals surface area contributed by atoms with Crippen molar-refractivity contribution in [2.75, 3.05) is 26.4 Å². The molecule has 5 heteroatoms. The molecule has 0 aliphatic heterocycles. The van der Waals surface area contributed by atoms with E-state index in [1.807, 2.05) is 13.8 Å².